The van der Waals surface area contributed by atoms with Crippen molar-refractivity contribution in [3.8, 4) is 0 Å². The lowest BCUT2D eigenvalue weighted by molar-refractivity contribution is 0.587. The van der Waals surface area contributed by atoms with E-state index in [4.69, 9.17) is 0 Å². The van der Waals surface area contributed by atoms with E-state index in [0.29, 0.717) is 0 Å². The monoisotopic (exact) mass is 135 g/mol. The van der Waals surface area contributed by atoms with Crippen LogP contribution in [-0.2, 0) is 0 Å². The summed E-state index contributed by atoms with van der Waals surface area (Å²) in [5.74, 6) is 0. The molecule has 2 aliphatic rings. The second kappa shape index (κ2) is 2.46. The predicted molar refractivity (Wildman–Crippen MR) is 40.2 cm³/mol. The van der Waals surface area contributed by atoms with Gasteiger partial charge in [-0.2, -0.15) is 0 Å². The van der Waals surface area contributed by atoms with Gasteiger partial charge in [0.2, 0.25) is 0 Å². The van der Waals surface area contributed by atoms with Crippen molar-refractivity contribution in [1.82, 2.24) is 10.9 Å². The number of hydrogen-bond acceptors (Lipinski definition) is 1. The Hall–Kier alpha value is -0.760. The Morgan fingerprint density at radius 2 is 2.40 bits per heavy atom. The van der Waals surface area contributed by atoms with Gasteiger partial charge in [-0.15, -0.1) is 5.43 Å². The lowest BCUT2D eigenvalue weighted by Crippen LogP contribution is -2.30. The van der Waals surface area contributed by atoms with Crippen LogP contribution in [0.25, 0.3) is 0 Å². The van der Waals surface area contributed by atoms with Gasteiger partial charge < -0.3 is 5.43 Å². The van der Waals surface area contributed by atoms with Gasteiger partial charge in [0.25, 0.3) is 0 Å². The molecule has 0 unspecified atom stereocenters. The van der Waals surface area contributed by atoms with E-state index < -0.39 is 0 Å². The molecule has 1 radical (unpaired) electrons. The maximum absolute atomic E-state index is 4.07. The standard InChI is InChI=1S/C8H11N2/c1-2-4-8-7(3-1)5-6-9-10-8/h4-5,10H,1-3,6H2. The van der Waals surface area contributed by atoms with E-state index in [1.165, 1.54) is 30.5 Å². The Kier molecular flexibility index (Phi) is 1.47. The Morgan fingerprint density at radius 1 is 1.40 bits per heavy atom. The Balaban J connectivity index is 2.25. The van der Waals surface area contributed by atoms with Crippen molar-refractivity contribution < 1.29 is 0 Å². The van der Waals surface area contributed by atoms with Crippen LogP contribution in [0, 0.1) is 0 Å². The quantitative estimate of drug-likeness (QED) is 0.529. The van der Waals surface area contributed by atoms with E-state index >= 15 is 0 Å². The summed E-state index contributed by atoms with van der Waals surface area (Å²) < 4.78 is 0. The Morgan fingerprint density at radius 3 is 3.30 bits per heavy atom. The molecule has 0 saturated carbocycles. The van der Waals surface area contributed by atoms with Crippen molar-refractivity contribution in [1.29, 1.82) is 0 Å². The van der Waals surface area contributed by atoms with Crippen LogP contribution in [0.4, 0.5) is 0 Å². The van der Waals surface area contributed by atoms with Gasteiger partial charge in [-0.1, -0.05) is 12.2 Å². The summed E-state index contributed by atoms with van der Waals surface area (Å²) >= 11 is 0. The van der Waals surface area contributed by atoms with Gasteiger partial charge in [0.05, 0.1) is 6.54 Å². The van der Waals surface area contributed by atoms with Gasteiger partial charge in [0.15, 0.2) is 0 Å². The third kappa shape index (κ3) is 0.948. The second-order valence-corrected chi connectivity index (χ2v) is 2.69. The molecule has 10 heavy (non-hydrogen) atoms. The first-order chi connectivity index (χ1) is 4.97. The summed E-state index contributed by atoms with van der Waals surface area (Å²) in [5.41, 5.74) is 9.81. The summed E-state index contributed by atoms with van der Waals surface area (Å²) in [6.45, 7) is 0.840. The molecule has 2 rings (SSSR count). The Labute approximate surface area is 61.0 Å². The summed E-state index contributed by atoms with van der Waals surface area (Å²) in [6, 6.07) is 0. The van der Waals surface area contributed by atoms with Crippen molar-refractivity contribution in [2.75, 3.05) is 6.54 Å². The molecule has 0 bridgehead atoms. The highest BCUT2D eigenvalue weighted by Gasteiger charge is 2.12. The van der Waals surface area contributed by atoms with Crippen LogP contribution in [0.15, 0.2) is 23.4 Å². The fourth-order valence-electron chi connectivity index (χ4n) is 1.42. The second-order valence-electron chi connectivity index (χ2n) is 2.69. The average Bonchev–Trinajstić information content (AvgIpc) is 2.05. The maximum Gasteiger partial charge on any atom is 0.0546 e. The first kappa shape index (κ1) is 5.98. The molecule has 1 aliphatic heterocycles. The van der Waals surface area contributed by atoms with E-state index in [1.54, 1.807) is 0 Å². The third-order valence-corrected chi connectivity index (χ3v) is 1.97. The van der Waals surface area contributed by atoms with Crippen LogP contribution in [-0.4, -0.2) is 6.54 Å². The predicted octanol–water partition coefficient (Wildman–Crippen LogP) is 1.10. The number of allylic oxidation sites excluding steroid dienone is 2. The van der Waals surface area contributed by atoms with Crippen molar-refractivity contribution in [3.63, 3.8) is 0 Å². The number of nitrogens with zero attached hydrogens (tertiary/aromatic N) is 1. The fraction of sp³-hybridized carbons (Fsp3) is 0.500. The van der Waals surface area contributed by atoms with E-state index in [0.717, 1.165) is 6.54 Å². The summed E-state index contributed by atoms with van der Waals surface area (Å²) in [5, 5.41) is 0. The molecule has 53 valence electrons. The first-order valence-corrected chi connectivity index (χ1v) is 3.79. The topological polar surface area (TPSA) is 26.1 Å². The fourth-order valence-corrected chi connectivity index (χ4v) is 1.42. The molecular weight excluding hydrogens is 124 g/mol. The molecule has 0 spiro atoms. The van der Waals surface area contributed by atoms with Gasteiger partial charge in [-0.05, 0) is 24.8 Å². The maximum atomic E-state index is 4.07. The molecule has 1 N–H and O–H groups in total. The molecule has 0 aromatic carbocycles. The zero-order valence-corrected chi connectivity index (χ0v) is 5.93. The minimum absolute atomic E-state index is 0.840. The molecule has 2 nitrogen and oxygen atoms in total. The van der Waals surface area contributed by atoms with Crippen LogP contribution in [0.3, 0.4) is 0 Å². The minimum Gasteiger partial charge on any atom is -0.304 e. The van der Waals surface area contributed by atoms with Crippen LogP contribution in [0.2, 0.25) is 0 Å². The molecule has 0 atom stereocenters. The van der Waals surface area contributed by atoms with E-state index in [2.05, 4.69) is 23.0 Å². The van der Waals surface area contributed by atoms with Crippen molar-refractivity contribution in [2.45, 2.75) is 19.3 Å². The van der Waals surface area contributed by atoms with E-state index in [9.17, 15) is 0 Å². The number of fused-ring (bicyclic) bond motifs is 1. The van der Waals surface area contributed by atoms with Crippen LogP contribution in [0.5, 0.6) is 0 Å². The normalized spacial score (nSPS) is 24.0. The molecule has 0 aromatic heterocycles. The highest BCUT2D eigenvalue weighted by Crippen LogP contribution is 2.22. The van der Waals surface area contributed by atoms with E-state index in [-0.39, 0.29) is 0 Å². The van der Waals surface area contributed by atoms with Crippen molar-refractivity contribution in [3.05, 3.63) is 23.4 Å². The van der Waals surface area contributed by atoms with Crippen LogP contribution < -0.4 is 10.9 Å². The largest absolute Gasteiger partial charge is 0.304 e. The number of rotatable bonds is 0. The SMILES string of the molecule is C1=C2CCCC=C2N[N]C1. The van der Waals surface area contributed by atoms with Crippen molar-refractivity contribution >= 4 is 0 Å². The van der Waals surface area contributed by atoms with Gasteiger partial charge >= 0.3 is 0 Å². The molecule has 0 amide bonds. The van der Waals surface area contributed by atoms with Gasteiger partial charge in [0.1, 0.15) is 0 Å². The average molecular weight is 135 g/mol. The lowest BCUT2D eigenvalue weighted by atomic mass is 9.98. The van der Waals surface area contributed by atoms with Crippen LogP contribution in [0.1, 0.15) is 19.3 Å². The first-order valence-electron chi connectivity index (χ1n) is 3.79. The smallest absolute Gasteiger partial charge is 0.0546 e. The zero-order chi connectivity index (χ0) is 6.81. The van der Waals surface area contributed by atoms with Gasteiger partial charge in [-0.3, -0.25) is 0 Å². The number of hydrogen-bond donors (Lipinski definition) is 1. The molecule has 2 heteroatoms. The van der Waals surface area contributed by atoms with Crippen LogP contribution >= 0.6 is 0 Å². The Bertz CT molecular complexity index is 169. The zero-order valence-electron chi connectivity index (χ0n) is 5.93. The lowest BCUT2D eigenvalue weighted by Gasteiger charge is -2.21. The molecule has 1 aliphatic carbocycles. The van der Waals surface area contributed by atoms with E-state index in [1.807, 2.05) is 0 Å². The molecule has 1 heterocycles. The summed E-state index contributed by atoms with van der Waals surface area (Å²) in [7, 11) is 0. The number of nitrogens with one attached hydrogen (secondary N) is 1. The third-order valence-electron chi connectivity index (χ3n) is 1.97. The highest BCUT2D eigenvalue weighted by molar-refractivity contribution is 5.33. The molecular formula is C8H11N2. The molecule has 0 fully saturated rings. The highest BCUT2D eigenvalue weighted by atomic mass is 15.4. The summed E-state index contributed by atoms with van der Waals surface area (Å²) in [4.78, 5) is 0. The van der Waals surface area contributed by atoms with Gasteiger partial charge in [-0.25, -0.2) is 0 Å². The molecule has 0 aromatic rings. The summed E-state index contributed by atoms with van der Waals surface area (Å²) in [6.07, 6.45) is 8.18. The molecule has 0 saturated heterocycles. The van der Waals surface area contributed by atoms with Gasteiger partial charge in [0, 0.05) is 5.70 Å². The van der Waals surface area contributed by atoms with Crippen molar-refractivity contribution in [2.24, 2.45) is 0 Å². The minimum atomic E-state index is 0.840.